The lowest BCUT2D eigenvalue weighted by molar-refractivity contribution is -0.146. The third kappa shape index (κ3) is 1.87. The minimum Gasteiger partial charge on any atom is -0.488 e. The molecule has 16 heavy (non-hydrogen) atoms. The lowest BCUT2D eigenvalue weighted by atomic mass is 10.0. The van der Waals surface area contributed by atoms with E-state index in [1.165, 1.54) is 7.11 Å². The van der Waals surface area contributed by atoms with Crippen LogP contribution in [-0.4, -0.2) is 25.2 Å². The normalized spacial score (nSPS) is 22.7. The molecule has 86 valence electrons. The van der Waals surface area contributed by atoms with Crippen molar-refractivity contribution in [2.24, 2.45) is 0 Å². The summed E-state index contributed by atoms with van der Waals surface area (Å²) in [4.78, 5) is 11.6. The van der Waals surface area contributed by atoms with Crippen LogP contribution in [0.2, 0.25) is 0 Å². The molecule has 5 heteroatoms. The van der Waals surface area contributed by atoms with Crippen LogP contribution < -0.4 is 10.1 Å². The Kier molecular flexibility index (Phi) is 2.80. The molecule has 0 radical (unpaired) electrons. The van der Waals surface area contributed by atoms with Gasteiger partial charge in [-0.25, -0.2) is 4.79 Å². The molecule has 1 aromatic carbocycles. The molecule has 0 aromatic heterocycles. The lowest BCUT2D eigenvalue weighted by Crippen LogP contribution is -2.51. The zero-order chi connectivity index (χ0) is 11.8. The van der Waals surface area contributed by atoms with E-state index in [1.54, 1.807) is 6.92 Å². The first-order valence-electron chi connectivity index (χ1n) is 4.84. The summed E-state index contributed by atoms with van der Waals surface area (Å²) in [5.41, 5.74) is -0.0451. The topological polar surface area (TPSA) is 47.6 Å². The Bertz CT molecular complexity index is 435. The number of esters is 1. The van der Waals surface area contributed by atoms with E-state index in [-0.39, 0.29) is 12.6 Å². The SMILES string of the molecule is COC(=O)C1(C)COc2ccc(Br)cc2N1. The molecule has 0 amide bonds. The van der Waals surface area contributed by atoms with E-state index in [0.29, 0.717) is 0 Å². The number of rotatable bonds is 1. The van der Waals surface area contributed by atoms with Crippen molar-refractivity contribution < 1.29 is 14.3 Å². The molecule has 0 saturated heterocycles. The van der Waals surface area contributed by atoms with E-state index < -0.39 is 5.54 Å². The van der Waals surface area contributed by atoms with Gasteiger partial charge in [0.15, 0.2) is 5.54 Å². The standard InChI is InChI=1S/C11H12BrNO3/c1-11(10(14)15-2)6-16-9-4-3-7(12)5-8(9)13-11/h3-5,13H,6H2,1-2H3. The lowest BCUT2D eigenvalue weighted by Gasteiger charge is -2.34. The zero-order valence-corrected chi connectivity index (χ0v) is 10.6. The molecule has 1 aromatic rings. The Balaban J connectivity index is 2.32. The number of anilines is 1. The number of nitrogens with one attached hydrogen (secondary N) is 1. The number of carbonyl (C=O) groups is 1. The number of carbonyl (C=O) groups excluding carboxylic acids is 1. The van der Waals surface area contributed by atoms with Gasteiger partial charge in [0.1, 0.15) is 12.4 Å². The van der Waals surface area contributed by atoms with Gasteiger partial charge in [0.25, 0.3) is 0 Å². The van der Waals surface area contributed by atoms with Gasteiger partial charge in [-0.3, -0.25) is 0 Å². The molecule has 4 nitrogen and oxygen atoms in total. The fourth-order valence-corrected chi connectivity index (χ4v) is 1.98. The monoisotopic (exact) mass is 285 g/mol. The summed E-state index contributed by atoms with van der Waals surface area (Å²) in [6.45, 7) is 2.01. The van der Waals surface area contributed by atoms with Crippen molar-refractivity contribution in [3.63, 3.8) is 0 Å². The van der Waals surface area contributed by atoms with Crippen LogP contribution in [0.4, 0.5) is 5.69 Å². The number of benzene rings is 1. The average Bonchev–Trinajstić information content (AvgIpc) is 2.27. The summed E-state index contributed by atoms with van der Waals surface area (Å²) in [7, 11) is 1.37. The van der Waals surface area contributed by atoms with Crippen molar-refractivity contribution in [3.05, 3.63) is 22.7 Å². The second-order valence-corrected chi connectivity index (χ2v) is 4.79. The number of hydrogen-bond acceptors (Lipinski definition) is 4. The summed E-state index contributed by atoms with van der Waals surface area (Å²) >= 11 is 3.37. The zero-order valence-electron chi connectivity index (χ0n) is 9.04. The van der Waals surface area contributed by atoms with Crippen LogP contribution in [0.25, 0.3) is 0 Å². The molecule has 0 bridgehead atoms. The first-order valence-corrected chi connectivity index (χ1v) is 5.63. The summed E-state index contributed by atoms with van der Waals surface area (Å²) in [5.74, 6) is 0.405. The van der Waals surface area contributed by atoms with Crippen molar-refractivity contribution in [1.82, 2.24) is 0 Å². The Hall–Kier alpha value is -1.23. The number of fused-ring (bicyclic) bond motifs is 1. The second kappa shape index (κ2) is 3.97. The van der Waals surface area contributed by atoms with E-state index in [1.807, 2.05) is 18.2 Å². The van der Waals surface area contributed by atoms with Crippen LogP contribution in [-0.2, 0) is 9.53 Å². The van der Waals surface area contributed by atoms with Crippen LogP contribution in [0.15, 0.2) is 22.7 Å². The maximum Gasteiger partial charge on any atom is 0.334 e. The Morgan fingerprint density at radius 1 is 1.62 bits per heavy atom. The fourth-order valence-electron chi connectivity index (χ4n) is 1.62. The van der Waals surface area contributed by atoms with Crippen LogP contribution >= 0.6 is 15.9 Å². The number of ether oxygens (including phenoxy) is 2. The van der Waals surface area contributed by atoms with Crippen LogP contribution in [0, 0.1) is 0 Å². The highest BCUT2D eigenvalue weighted by Crippen LogP contribution is 2.34. The maximum absolute atomic E-state index is 11.6. The van der Waals surface area contributed by atoms with Crippen molar-refractivity contribution in [2.45, 2.75) is 12.5 Å². The molecule has 1 aliphatic heterocycles. The van der Waals surface area contributed by atoms with E-state index in [9.17, 15) is 4.79 Å². The second-order valence-electron chi connectivity index (χ2n) is 3.88. The van der Waals surface area contributed by atoms with Gasteiger partial charge in [-0.1, -0.05) is 15.9 Å². The molecule has 1 N–H and O–H groups in total. The maximum atomic E-state index is 11.6. The highest BCUT2D eigenvalue weighted by Gasteiger charge is 2.39. The smallest absolute Gasteiger partial charge is 0.334 e. The van der Waals surface area contributed by atoms with Crippen molar-refractivity contribution in [2.75, 3.05) is 19.0 Å². The first kappa shape index (κ1) is 11.3. The summed E-state index contributed by atoms with van der Waals surface area (Å²) in [6, 6.07) is 5.61. The Morgan fingerprint density at radius 3 is 3.06 bits per heavy atom. The average molecular weight is 286 g/mol. The van der Waals surface area contributed by atoms with Gasteiger partial charge in [0, 0.05) is 4.47 Å². The largest absolute Gasteiger partial charge is 0.488 e. The summed E-state index contributed by atoms with van der Waals surface area (Å²) in [6.07, 6.45) is 0. The minimum absolute atomic E-state index is 0.258. The Morgan fingerprint density at radius 2 is 2.38 bits per heavy atom. The molecule has 0 fully saturated rings. The summed E-state index contributed by atoms with van der Waals surface area (Å²) in [5, 5.41) is 3.14. The van der Waals surface area contributed by atoms with Crippen LogP contribution in [0.5, 0.6) is 5.75 Å². The molecule has 1 heterocycles. The van der Waals surface area contributed by atoms with E-state index in [4.69, 9.17) is 9.47 Å². The van der Waals surface area contributed by atoms with E-state index in [0.717, 1.165) is 15.9 Å². The van der Waals surface area contributed by atoms with Gasteiger partial charge in [0.2, 0.25) is 0 Å². The van der Waals surface area contributed by atoms with Gasteiger partial charge in [-0.05, 0) is 25.1 Å². The number of halogens is 1. The highest BCUT2D eigenvalue weighted by molar-refractivity contribution is 9.10. The molecule has 0 saturated carbocycles. The molecular formula is C11H12BrNO3. The third-order valence-corrected chi connectivity index (χ3v) is 3.00. The number of methoxy groups -OCH3 is 1. The summed E-state index contributed by atoms with van der Waals surface area (Å²) < 4.78 is 11.2. The first-order chi connectivity index (χ1) is 7.55. The van der Waals surface area contributed by atoms with Crippen molar-refractivity contribution in [3.8, 4) is 5.75 Å². The predicted octanol–water partition coefficient (Wildman–Crippen LogP) is 2.19. The fraction of sp³-hybridized carbons (Fsp3) is 0.364. The van der Waals surface area contributed by atoms with Gasteiger partial charge in [0.05, 0.1) is 12.8 Å². The van der Waals surface area contributed by atoms with E-state index in [2.05, 4.69) is 21.2 Å². The van der Waals surface area contributed by atoms with E-state index >= 15 is 0 Å². The van der Waals surface area contributed by atoms with Crippen molar-refractivity contribution in [1.29, 1.82) is 0 Å². The number of hydrogen-bond donors (Lipinski definition) is 1. The van der Waals surface area contributed by atoms with Crippen LogP contribution in [0.1, 0.15) is 6.92 Å². The van der Waals surface area contributed by atoms with Gasteiger partial charge >= 0.3 is 5.97 Å². The minimum atomic E-state index is -0.831. The quantitative estimate of drug-likeness (QED) is 0.804. The predicted molar refractivity (Wildman–Crippen MR) is 63.7 cm³/mol. The highest BCUT2D eigenvalue weighted by atomic mass is 79.9. The molecule has 0 aliphatic carbocycles. The van der Waals surface area contributed by atoms with Crippen molar-refractivity contribution >= 4 is 27.6 Å². The van der Waals surface area contributed by atoms with Gasteiger partial charge in [-0.2, -0.15) is 0 Å². The van der Waals surface area contributed by atoms with Gasteiger partial charge in [-0.15, -0.1) is 0 Å². The molecule has 1 unspecified atom stereocenters. The molecule has 2 rings (SSSR count). The third-order valence-electron chi connectivity index (χ3n) is 2.50. The van der Waals surface area contributed by atoms with Crippen LogP contribution in [0.3, 0.4) is 0 Å². The molecule has 1 atom stereocenters. The molecular weight excluding hydrogens is 274 g/mol. The molecule has 1 aliphatic rings. The van der Waals surface area contributed by atoms with Gasteiger partial charge < -0.3 is 14.8 Å². The molecule has 0 spiro atoms. The Labute approximate surface area is 102 Å².